The van der Waals surface area contributed by atoms with Gasteiger partial charge in [0, 0.05) is 31.0 Å². The maximum Gasteiger partial charge on any atom is 0.222 e. The molecule has 1 saturated heterocycles. The summed E-state index contributed by atoms with van der Waals surface area (Å²) in [4.78, 5) is 16.9. The van der Waals surface area contributed by atoms with Crippen LogP contribution in [0.1, 0.15) is 52.0 Å². The average molecular weight is 565 g/mol. The summed E-state index contributed by atoms with van der Waals surface area (Å²) in [6.45, 7) is 8.22. The number of aliphatic imine (C=N–C) groups is 1. The monoisotopic (exact) mass is 564 g/mol. The van der Waals surface area contributed by atoms with Gasteiger partial charge in [0.1, 0.15) is 0 Å². The smallest absolute Gasteiger partial charge is 0.222 e. The highest BCUT2D eigenvalue weighted by Gasteiger charge is 2.29. The Morgan fingerprint density at radius 1 is 1.13 bits per heavy atom. The van der Waals surface area contributed by atoms with Gasteiger partial charge in [0.15, 0.2) is 15.8 Å². The van der Waals surface area contributed by atoms with Gasteiger partial charge in [-0.05, 0) is 31.7 Å². The van der Waals surface area contributed by atoms with Crippen LogP contribution in [0.2, 0.25) is 0 Å². The molecular formula is C22H37IN4O3S. The molecule has 176 valence electrons. The first kappa shape index (κ1) is 27.7. The molecule has 1 aromatic carbocycles. The third-order valence-electron chi connectivity index (χ3n) is 5.87. The van der Waals surface area contributed by atoms with E-state index in [1.165, 1.54) is 5.56 Å². The normalized spacial score (nSPS) is 18.2. The Kier molecular flexibility index (Phi) is 11.8. The van der Waals surface area contributed by atoms with Crippen molar-refractivity contribution in [3.8, 4) is 0 Å². The molecule has 3 N–H and O–H groups in total. The second kappa shape index (κ2) is 13.2. The second-order valence-electron chi connectivity index (χ2n) is 7.89. The topological polar surface area (TPSA) is 99.7 Å². The number of nitrogens with zero attached hydrogens (tertiary/aromatic N) is 1. The lowest BCUT2D eigenvalue weighted by molar-refractivity contribution is -0.121. The van der Waals surface area contributed by atoms with Crippen LogP contribution in [0.5, 0.6) is 0 Å². The number of sulfone groups is 1. The van der Waals surface area contributed by atoms with Crippen molar-refractivity contribution in [2.75, 3.05) is 31.1 Å². The number of guanidine groups is 1. The first-order valence-corrected chi connectivity index (χ1v) is 12.7. The van der Waals surface area contributed by atoms with Crippen LogP contribution in [0, 0.1) is 0 Å². The zero-order chi connectivity index (χ0) is 22.0. The van der Waals surface area contributed by atoms with Gasteiger partial charge in [-0.25, -0.2) is 8.42 Å². The van der Waals surface area contributed by atoms with Gasteiger partial charge >= 0.3 is 0 Å². The van der Waals surface area contributed by atoms with Crippen LogP contribution in [-0.2, 0) is 20.0 Å². The first-order valence-electron chi connectivity index (χ1n) is 10.9. The fraction of sp³-hybridized carbons (Fsp3) is 0.636. The summed E-state index contributed by atoms with van der Waals surface area (Å²) in [6, 6.07) is 10.2. The molecule has 1 atom stereocenters. The molecule has 1 unspecified atom stereocenters. The first-order chi connectivity index (χ1) is 14.3. The van der Waals surface area contributed by atoms with Gasteiger partial charge in [-0.3, -0.25) is 9.79 Å². The zero-order valence-corrected chi connectivity index (χ0v) is 22.0. The highest BCUT2D eigenvalue weighted by atomic mass is 127. The van der Waals surface area contributed by atoms with E-state index >= 15 is 0 Å². The summed E-state index contributed by atoms with van der Waals surface area (Å²) in [5, 5.41) is 9.28. The van der Waals surface area contributed by atoms with Gasteiger partial charge in [-0.15, -0.1) is 24.0 Å². The number of benzene rings is 1. The number of carbonyl (C=O) groups is 1. The van der Waals surface area contributed by atoms with Crippen molar-refractivity contribution in [1.82, 2.24) is 16.0 Å². The van der Waals surface area contributed by atoms with Gasteiger partial charge in [0.25, 0.3) is 0 Å². The molecule has 31 heavy (non-hydrogen) atoms. The molecule has 1 aliphatic rings. The lowest BCUT2D eigenvalue weighted by atomic mass is 9.76. The molecule has 1 heterocycles. The van der Waals surface area contributed by atoms with Crippen molar-refractivity contribution in [2.45, 2.75) is 57.9 Å². The number of halogens is 1. The predicted molar refractivity (Wildman–Crippen MR) is 138 cm³/mol. The van der Waals surface area contributed by atoms with E-state index in [9.17, 15) is 13.2 Å². The number of rotatable bonds is 10. The summed E-state index contributed by atoms with van der Waals surface area (Å²) in [5.74, 6) is 0.759. The number of hydrogen-bond donors (Lipinski definition) is 3. The molecule has 0 bridgehead atoms. The van der Waals surface area contributed by atoms with Gasteiger partial charge in [0.05, 0.1) is 18.1 Å². The fourth-order valence-corrected chi connectivity index (χ4v) is 5.51. The average Bonchev–Trinajstić information content (AvgIpc) is 3.08. The van der Waals surface area contributed by atoms with E-state index in [1.807, 2.05) is 13.0 Å². The minimum atomic E-state index is -2.99. The largest absolute Gasteiger partial charge is 0.357 e. The van der Waals surface area contributed by atoms with Gasteiger partial charge in [-0.1, -0.05) is 44.2 Å². The molecule has 0 aromatic heterocycles. The van der Waals surface area contributed by atoms with E-state index in [2.05, 4.69) is 54.1 Å². The van der Waals surface area contributed by atoms with Crippen LogP contribution in [0.4, 0.5) is 0 Å². The summed E-state index contributed by atoms with van der Waals surface area (Å²) in [5.41, 5.74) is 1.27. The van der Waals surface area contributed by atoms with Gasteiger partial charge < -0.3 is 16.0 Å². The predicted octanol–water partition coefficient (Wildman–Crippen LogP) is 2.61. The van der Waals surface area contributed by atoms with Crippen LogP contribution in [0.3, 0.4) is 0 Å². The SMILES string of the molecule is CCNC(=NCC(CC)(CC)c1ccccc1)NCCC(=O)NC1CCS(=O)(=O)C1.I. The van der Waals surface area contributed by atoms with Crippen LogP contribution in [0.15, 0.2) is 35.3 Å². The molecule has 1 amide bonds. The Hall–Kier alpha value is -1.36. The summed E-state index contributed by atoms with van der Waals surface area (Å²) in [6.07, 6.45) is 2.75. The highest BCUT2D eigenvalue weighted by molar-refractivity contribution is 14.0. The third kappa shape index (κ3) is 8.59. The van der Waals surface area contributed by atoms with E-state index in [1.54, 1.807) is 0 Å². The molecule has 0 saturated carbocycles. The highest BCUT2D eigenvalue weighted by Crippen LogP contribution is 2.31. The maximum atomic E-state index is 12.1. The van der Waals surface area contributed by atoms with Crippen LogP contribution in [-0.4, -0.2) is 57.5 Å². The molecule has 1 fully saturated rings. The molecule has 1 aromatic rings. The van der Waals surface area contributed by atoms with E-state index in [0.29, 0.717) is 25.5 Å². The molecule has 0 radical (unpaired) electrons. The Bertz CT molecular complexity index is 811. The van der Waals surface area contributed by atoms with Crippen molar-refractivity contribution in [1.29, 1.82) is 0 Å². The van der Waals surface area contributed by atoms with Gasteiger partial charge in [0.2, 0.25) is 5.91 Å². The van der Waals surface area contributed by atoms with Crippen LogP contribution in [0.25, 0.3) is 0 Å². The summed E-state index contributed by atoms with van der Waals surface area (Å²) in [7, 11) is -2.99. The van der Waals surface area contributed by atoms with Gasteiger partial charge in [-0.2, -0.15) is 0 Å². The molecule has 7 nitrogen and oxygen atoms in total. The van der Waals surface area contributed by atoms with Crippen molar-refractivity contribution in [2.24, 2.45) is 4.99 Å². The van der Waals surface area contributed by atoms with Crippen molar-refractivity contribution >= 4 is 45.7 Å². The molecule has 1 aliphatic heterocycles. The molecule has 0 aliphatic carbocycles. The minimum Gasteiger partial charge on any atom is -0.357 e. The Labute approximate surface area is 204 Å². The number of hydrogen-bond acceptors (Lipinski definition) is 4. The van der Waals surface area contributed by atoms with Crippen molar-refractivity contribution < 1.29 is 13.2 Å². The Morgan fingerprint density at radius 2 is 1.81 bits per heavy atom. The fourth-order valence-electron chi connectivity index (χ4n) is 3.84. The lowest BCUT2D eigenvalue weighted by Crippen LogP contribution is -2.42. The number of carbonyl (C=O) groups excluding carboxylic acids is 1. The molecule has 0 spiro atoms. The lowest BCUT2D eigenvalue weighted by Gasteiger charge is -2.31. The number of amides is 1. The summed E-state index contributed by atoms with van der Waals surface area (Å²) < 4.78 is 23.0. The van der Waals surface area contributed by atoms with E-state index in [4.69, 9.17) is 4.99 Å². The molecular weight excluding hydrogens is 527 g/mol. The van der Waals surface area contributed by atoms with Crippen molar-refractivity contribution in [3.63, 3.8) is 0 Å². The Morgan fingerprint density at radius 3 is 2.35 bits per heavy atom. The second-order valence-corrected chi connectivity index (χ2v) is 10.1. The standard InChI is InChI=1S/C22H36N4O3S.HI/c1-4-22(5-2,18-10-8-7-9-11-18)17-25-21(23-6-3)24-14-12-20(27)26-19-13-15-30(28,29)16-19;/h7-11,19H,4-6,12-17H2,1-3H3,(H,26,27)(H2,23,24,25);1H. The van der Waals surface area contributed by atoms with Crippen LogP contribution >= 0.6 is 24.0 Å². The van der Waals surface area contributed by atoms with E-state index < -0.39 is 9.84 Å². The quantitative estimate of drug-likeness (QED) is 0.231. The summed E-state index contributed by atoms with van der Waals surface area (Å²) >= 11 is 0. The van der Waals surface area contributed by atoms with Crippen molar-refractivity contribution in [3.05, 3.63) is 35.9 Å². The Balaban J connectivity index is 0.00000480. The van der Waals surface area contributed by atoms with Crippen LogP contribution < -0.4 is 16.0 Å². The molecule has 9 heteroatoms. The number of nitrogens with one attached hydrogen (secondary N) is 3. The zero-order valence-electron chi connectivity index (χ0n) is 18.8. The van der Waals surface area contributed by atoms with E-state index in [0.717, 1.165) is 19.4 Å². The van der Waals surface area contributed by atoms with E-state index in [-0.39, 0.29) is 59.3 Å². The molecule has 2 rings (SSSR count). The maximum absolute atomic E-state index is 12.1. The minimum absolute atomic E-state index is 0. The third-order valence-corrected chi connectivity index (χ3v) is 7.63.